The van der Waals surface area contributed by atoms with Crippen LogP contribution in [0.3, 0.4) is 0 Å². The number of benzene rings is 1. The van der Waals surface area contributed by atoms with E-state index in [9.17, 15) is 4.79 Å². The van der Waals surface area contributed by atoms with E-state index in [0.29, 0.717) is 6.04 Å². The Morgan fingerprint density at radius 3 is 2.33 bits per heavy atom. The molecule has 3 rings (SSSR count). The van der Waals surface area contributed by atoms with Gasteiger partial charge < -0.3 is 20.1 Å². The Labute approximate surface area is 179 Å². The van der Waals surface area contributed by atoms with Gasteiger partial charge >= 0.3 is 6.09 Å². The first-order valence-corrected chi connectivity index (χ1v) is 10.6. The van der Waals surface area contributed by atoms with Crippen molar-refractivity contribution in [3.8, 4) is 16.9 Å². The van der Waals surface area contributed by atoms with Crippen LogP contribution in [0.4, 0.5) is 4.79 Å². The van der Waals surface area contributed by atoms with E-state index in [4.69, 9.17) is 9.47 Å². The number of carbonyl (C=O) groups is 1. The second-order valence-corrected chi connectivity index (χ2v) is 8.84. The third-order valence-electron chi connectivity index (χ3n) is 5.32. The van der Waals surface area contributed by atoms with Gasteiger partial charge in [-0.15, -0.1) is 0 Å². The van der Waals surface area contributed by atoms with Gasteiger partial charge in [-0.05, 0) is 81.8 Å². The first-order valence-electron chi connectivity index (χ1n) is 10.6. The predicted molar refractivity (Wildman–Crippen MR) is 118 cm³/mol. The van der Waals surface area contributed by atoms with E-state index < -0.39 is 5.60 Å². The van der Waals surface area contributed by atoms with Crippen LogP contribution >= 0.6 is 0 Å². The van der Waals surface area contributed by atoms with Crippen molar-refractivity contribution < 1.29 is 14.3 Å². The van der Waals surface area contributed by atoms with Crippen molar-refractivity contribution in [3.63, 3.8) is 0 Å². The van der Waals surface area contributed by atoms with Crippen LogP contribution in [0.5, 0.6) is 5.75 Å². The summed E-state index contributed by atoms with van der Waals surface area (Å²) in [7, 11) is 1.71. The van der Waals surface area contributed by atoms with Crippen LogP contribution in [0.15, 0.2) is 42.7 Å². The molecule has 0 atom stereocenters. The van der Waals surface area contributed by atoms with Gasteiger partial charge in [0.25, 0.3) is 0 Å². The summed E-state index contributed by atoms with van der Waals surface area (Å²) in [6.45, 7) is 6.39. The summed E-state index contributed by atoms with van der Waals surface area (Å²) in [6, 6.07) is 10.9. The van der Waals surface area contributed by atoms with Crippen LogP contribution in [0.1, 0.15) is 52.0 Å². The van der Waals surface area contributed by atoms with Crippen molar-refractivity contribution >= 4 is 6.09 Å². The normalized spacial score (nSPS) is 19.2. The van der Waals surface area contributed by atoms with Crippen molar-refractivity contribution in [1.29, 1.82) is 0 Å². The highest BCUT2D eigenvalue weighted by atomic mass is 16.6. The van der Waals surface area contributed by atoms with Crippen LogP contribution in [0, 0.1) is 0 Å². The average molecular weight is 412 g/mol. The minimum atomic E-state index is -0.466. The van der Waals surface area contributed by atoms with Gasteiger partial charge in [0.2, 0.25) is 0 Å². The summed E-state index contributed by atoms with van der Waals surface area (Å²) in [6.07, 6.45) is 7.23. The third kappa shape index (κ3) is 6.46. The first kappa shape index (κ1) is 22.1. The number of ether oxygens (including phenoxy) is 2. The lowest BCUT2D eigenvalue weighted by molar-refractivity contribution is 0.0489. The van der Waals surface area contributed by atoms with E-state index in [1.807, 2.05) is 39.0 Å². The summed E-state index contributed by atoms with van der Waals surface area (Å²) in [5.74, 6) is 0.889. The SMILES string of the molecule is COc1ccc(-c2ccncc2)cc1CN[C@H]1CC[C@H](NC(=O)OC(C)(C)C)CC1. The standard InChI is InChI=1S/C24H33N3O3/c1-24(2,3)30-23(28)27-21-8-6-20(7-9-21)26-16-19-15-18(5-10-22(19)29-4)17-11-13-25-14-12-17/h5,10-15,20-21,26H,6-9,16H2,1-4H3,(H,27,28)/t20-,21-. The quantitative estimate of drug-likeness (QED) is 0.722. The lowest BCUT2D eigenvalue weighted by Gasteiger charge is -2.30. The smallest absolute Gasteiger partial charge is 0.407 e. The molecule has 1 heterocycles. The zero-order valence-electron chi connectivity index (χ0n) is 18.4. The van der Waals surface area contributed by atoms with Crippen LogP contribution < -0.4 is 15.4 Å². The predicted octanol–water partition coefficient (Wildman–Crippen LogP) is 4.68. The summed E-state index contributed by atoms with van der Waals surface area (Å²) in [4.78, 5) is 16.1. The van der Waals surface area contributed by atoms with E-state index in [1.54, 1.807) is 19.5 Å². The zero-order chi connectivity index (χ0) is 21.6. The molecule has 1 aliphatic carbocycles. The highest BCUT2D eigenvalue weighted by Crippen LogP contribution is 2.27. The summed E-state index contributed by atoms with van der Waals surface area (Å²) < 4.78 is 10.9. The zero-order valence-corrected chi connectivity index (χ0v) is 18.4. The van der Waals surface area contributed by atoms with Gasteiger partial charge in [0, 0.05) is 36.6 Å². The highest BCUT2D eigenvalue weighted by molar-refractivity contribution is 5.68. The number of aromatic nitrogens is 1. The van der Waals surface area contributed by atoms with Crippen molar-refractivity contribution in [2.24, 2.45) is 0 Å². The van der Waals surface area contributed by atoms with Gasteiger partial charge in [0.1, 0.15) is 11.4 Å². The van der Waals surface area contributed by atoms with Crippen LogP contribution in [0.25, 0.3) is 11.1 Å². The molecule has 6 nitrogen and oxygen atoms in total. The number of nitrogens with zero attached hydrogens (tertiary/aromatic N) is 1. The Morgan fingerprint density at radius 2 is 1.70 bits per heavy atom. The lowest BCUT2D eigenvalue weighted by Crippen LogP contribution is -2.43. The monoisotopic (exact) mass is 411 g/mol. The largest absolute Gasteiger partial charge is 0.496 e. The third-order valence-corrected chi connectivity index (χ3v) is 5.32. The molecule has 0 radical (unpaired) electrons. The Kier molecular flexibility index (Phi) is 7.32. The Hall–Kier alpha value is -2.60. The van der Waals surface area contributed by atoms with Crippen molar-refractivity contribution in [1.82, 2.24) is 15.6 Å². The molecule has 0 bridgehead atoms. The minimum absolute atomic E-state index is 0.183. The molecule has 1 aliphatic rings. The number of nitrogens with one attached hydrogen (secondary N) is 2. The number of amides is 1. The molecule has 1 aromatic heterocycles. The van der Waals surface area contributed by atoms with Crippen LogP contribution in [0.2, 0.25) is 0 Å². The van der Waals surface area contributed by atoms with Gasteiger partial charge in [-0.1, -0.05) is 6.07 Å². The van der Waals surface area contributed by atoms with E-state index in [-0.39, 0.29) is 12.1 Å². The van der Waals surface area contributed by atoms with Gasteiger partial charge in [-0.3, -0.25) is 4.98 Å². The summed E-state index contributed by atoms with van der Waals surface area (Å²) in [5, 5.41) is 6.67. The first-order chi connectivity index (χ1) is 14.3. The molecule has 162 valence electrons. The number of hydrogen-bond acceptors (Lipinski definition) is 5. The molecule has 2 N–H and O–H groups in total. The van der Waals surface area contributed by atoms with Crippen molar-refractivity contribution in [2.45, 2.75) is 70.7 Å². The topological polar surface area (TPSA) is 72.5 Å². The van der Waals surface area contributed by atoms with E-state index in [2.05, 4.69) is 27.8 Å². The van der Waals surface area contributed by atoms with Crippen LogP contribution in [-0.2, 0) is 11.3 Å². The fraction of sp³-hybridized carbons (Fsp3) is 0.500. The highest BCUT2D eigenvalue weighted by Gasteiger charge is 2.24. The number of hydrogen-bond donors (Lipinski definition) is 2. The number of rotatable bonds is 6. The van der Waals surface area contributed by atoms with Crippen molar-refractivity contribution in [3.05, 3.63) is 48.3 Å². The molecule has 0 unspecified atom stereocenters. The van der Waals surface area contributed by atoms with E-state index in [0.717, 1.165) is 54.7 Å². The fourth-order valence-corrected chi connectivity index (χ4v) is 3.81. The van der Waals surface area contributed by atoms with Gasteiger partial charge in [-0.25, -0.2) is 4.79 Å². The Balaban J connectivity index is 1.52. The molecular formula is C24H33N3O3. The second-order valence-electron chi connectivity index (χ2n) is 8.84. The lowest BCUT2D eigenvalue weighted by atomic mass is 9.91. The molecule has 0 saturated heterocycles. The molecule has 0 aliphatic heterocycles. The molecule has 0 spiro atoms. The molecule has 1 aromatic carbocycles. The molecule has 1 amide bonds. The maximum Gasteiger partial charge on any atom is 0.407 e. The van der Waals surface area contributed by atoms with E-state index >= 15 is 0 Å². The molecule has 1 fully saturated rings. The van der Waals surface area contributed by atoms with E-state index in [1.165, 1.54) is 0 Å². The molecule has 1 saturated carbocycles. The molecule has 30 heavy (non-hydrogen) atoms. The van der Waals surface area contributed by atoms with Crippen LogP contribution in [-0.4, -0.2) is 35.9 Å². The maximum atomic E-state index is 12.0. The minimum Gasteiger partial charge on any atom is -0.496 e. The number of carbonyl (C=O) groups excluding carboxylic acids is 1. The number of pyridine rings is 1. The number of alkyl carbamates (subject to hydrolysis) is 1. The maximum absolute atomic E-state index is 12.0. The second kappa shape index (κ2) is 9.94. The van der Waals surface area contributed by atoms with Gasteiger partial charge in [0.15, 0.2) is 0 Å². The fourth-order valence-electron chi connectivity index (χ4n) is 3.81. The Bertz CT molecular complexity index is 825. The molecule has 6 heteroatoms. The molecule has 2 aromatic rings. The Morgan fingerprint density at radius 1 is 1.03 bits per heavy atom. The summed E-state index contributed by atoms with van der Waals surface area (Å²) >= 11 is 0. The van der Waals surface area contributed by atoms with Gasteiger partial charge in [0.05, 0.1) is 7.11 Å². The van der Waals surface area contributed by atoms with Crippen molar-refractivity contribution in [2.75, 3.05) is 7.11 Å². The summed E-state index contributed by atoms with van der Waals surface area (Å²) in [5.41, 5.74) is 2.97. The average Bonchev–Trinajstić information content (AvgIpc) is 2.72. The number of methoxy groups -OCH3 is 1. The molecular weight excluding hydrogens is 378 g/mol. The van der Waals surface area contributed by atoms with Gasteiger partial charge in [-0.2, -0.15) is 0 Å².